The Morgan fingerprint density at radius 3 is 2.83 bits per heavy atom. The largest absolute Gasteiger partial charge is 0.506 e. The summed E-state index contributed by atoms with van der Waals surface area (Å²) in [6.07, 6.45) is 0.146. The minimum absolute atomic E-state index is 0.0413. The molecule has 0 fully saturated rings. The lowest BCUT2D eigenvalue weighted by Crippen LogP contribution is -2.14. The van der Waals surface area contributed by atoms with Gasteiger partial charge in [0.1, 0.15) is 10.8 Å². The first-order valence-corrected chi connectivity index (χ1v) is 7.88. The van der Waals surface area contributed by atoms with Gasteiger partial charge in [-0.2, -0.15) is 0 Å². The lowest BCUT2D eigenvalue weighted by molar-refractivity contribution is -0.115. The number of para-hydroxylation sites is 2. The number of aromatic nitrogens is 1. The van der Waals surface area contributed by atoms with Gasteiger partial charge >= 0.3 is 0 Å². The summed E-state index contributed by atoms with van der Waals surface area (Å²) in [6.45, 7) is 0. The van der Waals surface area contributed by atoms with Crippen molar-refractivity contribution in [2.24, 2.45) is 0 Å². The maximum absolute atomic E-state index is 12.1. The second-order valence-corrected chi connectivity index (χ2v) is 5.87. The molecule has 0 atom stereocenters. The summed E-state index contributed by atoms with van der Waals surface area (Å²) < 4.78 is 0. The highest BCUT2D eigenvalue weighted by Gasteiger charge is 2.11. The van der Waals surface area contributed by atoms with Gasteiger partial charge in [0.25, 0.3) is 0 Å². The number of nitrogens with two attached hydrogens (primary N) is 1. The van der Waals surface area contributed by atoms with Crippen LogP contribution in [0.1, 0.15) is 5.69 Å². The number of rotatable bonds is 4. The highest BCUT2D eigenvalue weighted by atomic mass is 32.1. The Morgan fingerprint density at radius 1 is 1.22 bits per heavy atom. The second kappa shape index (κ2) is 6.50. The van der Waals surface area contributed by atoms with Crippen LogP contribution in [0.3, 0.4) is 0 Å². The molecule has 0 unspecified atom stereocenters. The molecule has 0 saturated heterocycles. The fourth-order valence-corrected chi connectivity index (χ4v) is 2.95. The van der Waals surface area contributed by atoms with Crippen LogP contribution in [0.2, 0.25) is 0 Å². The van der Waals surface area contributed by atoms with Gasteiger partial charge in [0, 0.05) is 16.6 Å². The number of benzene rings is 2. The molecule has 2 aromatic carbocycles. The molecule has 6 heteroatoms. The van der Waals surface area contributed by atoms with Crippen LogP contribution in [0.5, 0.6) is 5.75 Å². The Bertz CT molecular complexity index is 845. The number of phenols is 1. The normalized spacial score (nSPS) is 10.4. The fraction of sp³-hybridized carbons (Fsp3) is 0.0588. The summed E-state index contributed by atoms with van der Waals surface area (Å²) in [4.78, 5) is 16.5. The predicted octanol–water partition coefficient (Wildman–Crippen LogP) is 3.28. The molecule has 0 saturated carbocycles. The second-order valence-electron chi connectivity index (χ2n) is 5.01. The molecule has 1 aromatic heterocycles. The zero-order chi connectivity index (χ0) is 16.2. The van der Waals surface area contributed by atoms with E-state index in [0.29, 0.717) is 17.1 Å². The number of thiazole rings is 1. The summed E-state index contributed by atoms with van der Waals surface area (Å²) in [5, 5.41) is 15.0. The number of carbonyl (C=O) groups is 1. The van der Waals surface area contributed by atoms with Crippen LogP contribution in [0.25, 0.3) is 10.6 Å². The minimum atomic E-state index is -0.226. The maximum Gasteiger partial charge on any atom is 0.230 e. The number of hydrogen-bond acceptors (Lipinski definition) is 5. The zero-order valence-corrected chi connectivity index (χ0v) is 13.0. The van der Waals surface area contributed by atoms with Gasteiger partial charge in [0.05, 0.1) is 17.8 Å². The molecule has 116 valence electrons. The standard InChI is InChI=1S/C17H15N3O2S/c18-12-5-3-4-11(8-12)17-19-13(10-23-17)9-16(22)20-14-6-1-2-7-15(14)21/h1-8,10,21H,9,18H2,(H,20,22). The van der Waals surface area contributed by atoms with Crippen molar-refractivity contribution in [3.05, 3.63) is 59.6 Å². The molecule has 3 aromatic rings. The average Bonchev–Trinajstić information content (AvgIpc) is 2.98. The number of anilines is 2. The van der Waals surface area contributed by atoms with Gasteiger partial charge < -0.3 is 16.2 Å². The Hall–Kier alpha value is -2.86. The van der Waals surface area contributed by atoms with E-state index in [0.717, 1.165) is 10.6 Å². The lowest BCUT2D eigenvalue weighted by Gasteiger charge is -2.05. The molecular weight excluding hydrogens is 310 g/mol. The molecule has 1 heterocycles. The maximum atomic E-state index is 12.1. The van der Waals surface area contributed by atoms with Gasteiger partial charge in [0.15, 0.2) is 0 Å². The van der Waals surface area contributed by atoms with Crippen LogP contribution in [-0.4, -0.2) is 16.0 Å². The Balaban J connectivity index is 1.69. The molecule has 5 nitrogen and oxygen atoms in total. The van der Waals surface area contributed by atoms with E-state index >= 15 is 0 Å². The third kappa shape index (κ3) is 3.67. The molecule has 1 amide bonds. The van der Waals surface area contributed by atoms with Gasteiger partial charge in [-0.15, -0.1) is 11.3 Å². The number of nitrogens with one attached hydrogen (secondary N) is 1. The van der Waals surface area contributed by atoms with E-state index in [2.05, 4.69) is 10.3 Å². The van der Waals surface area contributed by atoms with Crippen LogP contribution < -0.4 is 11.1 Å². The third-order valence-electron chi connectivity index (χ3n) is 3.21. The number of phenolic OH excluding ortho intramolecular Hbond substituents is 1. The van der Waals surface area contributed by atoms with Crippen molar-refractivity contribution in [1.29, 1.82) is 0 Å². The molecule has 4 N–H and O–H groups in total. The van der Waals surface area contributed by atoms with Crippen LogP contribution >= 0.6 is 11.3 Å². The first-order chi connectivity index (χ1) is 11.1. The number of amides is 1. The molecule has 0 spiro atoms. The van der Waals surface area contributed by atoms with Crippen molar-refractivity contribution < 1.29 is 9.90 Å². The molecule has 0 bridgehead atoms. The van der Waals surface area contributed by atoms with Gasteiger partial charge in [-0.25, -0.2) is 4.98 Å². The summed E-state index contributed by atoms with van der Waals surface area (Å²) >= 11 is 1.47. The third-order valence-corrected chi connectivity index (χ3v) is 4.15. The van der Waals surface area contributed by atoms with Crippen LogP contribution in [-0.2, 0) is 11.2 Å². The van der Waals surface area contributed by atoms with E-state index in [9.17, 15) is 9.90 Å². The highest BCUT2D eigenvalue weighted by Crippen LogP contribution is 2.26. The number of nitrogen functional groups attached to an aromatic ring is 1. The van der Waals surface area contributed by atoms with E-state index in [1.54, 1.807) is 18.2 Å². The van der Waals surface area contributed by atoms with E-state index in [1.165, 1.54) is 17.4 Å². The van der Waals surface area contributed by atoms with Crippen molar-refractivity contribution in [2.75, 3.05) is 11.1 Å². The smallest absolute Gasteiger partial charge is 0.230 e. The van der Waals surface area contributed by atoms with Crippen molar-refractivity contribution >= 4 is 28.6 Å². The van der Waals surface area contributed by atoms with Crippen LogP contribution in [0.15, 0.2) is 53.9 Å². The lowest BCUT2D eigenvalue weighted by atomic mass is 10.2. The fourth-order valence-electron chi connectivity index (χ4n) is 2.13. The van der Waals surface area contributed by atoms with Crippen molar-refractivity contribution in [1.82, 2.24) is 4.98 Å². The Morgan fingerprint density at radius 2 is 2.04 bits per heavy atom. The predicted molar refractivity (Wildman–Crippen MR) is 92.4 cm³/mol. The molecule has 0 aliphatic rings. The number of aromatic hydroxyl groups is 1. The van der Waals surface area contributed by atoms with E-state index in [1.807, 2.05) is 29.6 Å². The number of nitrogens with zero attached hydrogens (tertiary/aromatic N) is 1. The van der Waals surface area contributed by atoms with Crippen molar-refractivity contribution in [2.45, 2.75) is 6.42 Å². The molecule has 23 heavy (non-hydrogen) atoms. The van der Waals surface area contributed by atoms with Gasteiger partial charge in [-0.05, 0) is 24.3 Å². The first-order valence-electron chi connectivity index (χ1n) is 7.00. The van der Waals surface area contributed by atoms with Crippen LogP contribution in [0.4, 0.5) is 11.4 Å². The first kappa shape index (κ1) is 15.1. The average molecular weight is 325 g/mol. The number of carbonyl (C=O) groups excluding carboxylic acids is 1. The highest BCUT2D eigenvalue weighted by molar-refractivity contribution is 7.13. The Labute approximate surface area is 137 Å². The summed E-state index contributed by atoms with van der Waals surface area (Å²) in [5.41, 5.74) is 8.46. The molecule has 3 rings (SSSR count). The quantitative estimate of drug-likeness (QED) is 0.507. The topological polar surface area (TPSA) is 88.2 Å². The van der Waals surface area contributed by atoms with E-state index in [4.69, 9.17) is 5.73 Å². The number of hydrogen-bond donors (Lipinski definition) is 3. The summed E-state index contributed by atoms with van der Waals surface area (Å²) in [6, 6.07) is 14.1. The molecule has 0 aliphatic heterocycles. The summed E-state index contributed by atoms with van der Waals surface area (Å²) in [7, 11) is 0. The van der Waals surface area contributed by atoms with Gasteiger partial charge in [-0.3, -0.25) is 4.79 Å². The zero-order valence-electron chi connectivity index (χ0n) is 12.2. The van der Waals surface area contributed by atoms with E-state index in [-0.39, 0.29) is 18.1 Å². The molecular formula is C17H15N3O2S. The Kier molecular flexibility index (Phi) is 4.25. The summed E-state index contributed by atoms with van der Waals surface area (Å²) in [5.74, 6) is -0.185. The monoisotopic (exact) mass is 325 g/mol. The van der Waals surface area contributed by atoms with Crippen LogP contribution in [0, 0.1) is 0 Å². The van der Waals surface area contributed by atoms with Gasteiger partial charge in [0.2, 0.25) is 5.91 Å². The van der Waals surface area contributed by atoms with Crippen molar-refractivity contribution in [3.8, 4) is 16.3 Å². The minimum Gasteiger partial charge on any atom is -0.506 e. The van der Waals surface area contributed by atoms with Gasteiger partial charge in [-0.1, -0.05) is 24.3 Å². The SMILES string of the molecule is Nc1cccc(-c2nc(CC(=O)Nc3ccccc3O)cs2)c1. The molecule has 0 radical (unpaired) electrons. The van der Waals surface area contributed by atoms with Crippen molar-refractivity contribution in [3.63, 3.8) is 0 Å². The molecule has 0 aliphatic carbocycles. The van der Waals surface area contributed by atoms with E-state index < -0.39 is 0 Å².